The van der Waals surface area contributed by atoms with Crippen LogP contribution in [0.25, 0.3) is 0 Å². The lowest BCUT2D eigenvalue weighted by Gasteiger charge is -2.10. The van der Waals surface area contributed by atoms with Crippen molar-refractivity contribution in [3.63, 3.8) is 0 Å². The van der Waals surface area contributed by atoms with Crippen LogP contribution >= 0.6 is 15.9 Å². The van der Waals surface area contributed by atoms with Crippen LogP contribution in [0.3, 0.4) is 0 Å². The van der Waals surface area contributed by atoms with E-state index < -0.39 is 0 Å². The number of aldehydes is 1. The zero-order chi connectivity index (χ0) is 9.84. The Morgan fingerprint density at radius 3 is 2.69 bits per heavy atom. The van der Waals surface area contributed by atoms with Crippen LogP contribution < -0.4 is 0 Å². The summed E-state index contributed by atoms with van der Waals surface area (Å²) in [5, 5.41) is 0. The summed E-state index contributed by atoms with van der Waals surface area (Å²) in [5.41, 5.74) is 2.29. The van der Waals surface area contributed by atoms with E-state index in [2.05, 4.69) is 15.9 Å². The molecule has 1 atom stereocenters. The molecule has 0 saturated heterocycles. The van der Waals surface area contributed by atoms with Crippen molar-refractivity contribution in [1.82, 2.24) is 0 Å². The van der Waals surface area contributed by atoms with Gasteiger partial charge in [-0.15, -0.1) is 0 Å². The second kappa shape index (κ2) is 4.56. The molecule has 0 amide bonds. The predicted octanol–water partition coefficient (Wildman–Crippen LogP) is 3.45. The minimum absolute atomic E-state index is 0.0231. The Hall–Kier alpha value is -0.630. The molecule has 0 aliphatic carbocycles. The van der Waals surface area contributed by atoms with E-state index in [1.165, 1.54) is 5.56 Å². The monoisotopic (exact) mass is 240 g/mol. The van der Waals surface area contributed by atoms with Crippen molar-refractivity contribution in [2.24, 2.45) is 0 Å². The van der Waals surface area contributed by atoms with Gasteiger partial charge in [0.05, 0.1) is 0 Å². The molecule has 0 radical (unpaired) electrons. The van der Waals surface area contributed by atoms with E-state index in [1.54, 1.807) is 0 Å². The summed E-state index contributed by atoms with van der Waals surface area (Å²) in [6, 6.07) is 6.09. The van der Waals surface area contributed by atoms with E-state index in [0.29, 0.717) is 0 Å². The number of rotatable bonds is 3. The Morgan fingerprint density at radius 2 is 2.23 bits per heavy atom. The zero-order valence-electron chi connectivity index (χ0n) is 7.88. The molecule has 13 heavy (non-hydrogen) atoms. The molecule has 1 rings (SSSR count). The Balaban J connectivity index is 3.06. The second-order valence-electron chi connectivity index (χ2n) is 3.18. The van der Waals surface area contributed by atoms with Gasteiger partial charge in [0.2, 0.25) is 0 Å². The zero-order valence-corrected chi connectivity index (χ0v) is 9.47. The third-order valence-electron chi connectivity index (χ3n) is 2.16. The molecule has 0 aliphatic heterocycles. The molecule has 0 bridgehead atoms. The summed E-state index contributed by atoms with van der Waals surface area (Å²) in [6.07, 6.45) is 1.86. The standard InChI is InChI=1S/C11H13BrO/c1-3-9(7-13)10-5-4-8(2)6-11(10)12/h4-7,9H,3H2,1-2H3. The van der Waals surface area contributed by atoms with Crippen LogP contribution in [0.5, 0.6) is 0 Å². The number of halogens is 1. The highest BCUT2D eigenvalue weighted by Gasteiger charge is 2.10. The van der Waals surface area contributed by atoms with E-state index in [-0.39, 0.29) is 5.92 Å². The number of hydrogen-bond acceptors (Lipinski definition) is 1. The topological polar surface area (TPSA) is 17.1 Å². The highest BCUT2D eigenvalue weighted by molar-refractivity contribution is 9.10. The molecule has 1 nitrogen and oxygen atoms in total. The molecule has 2 heteroatoms. The van der Waals surface area contributed by atoms with Gasteiger partial charge in [-0.25, -0.2) is 0 Å². The maximum atomic E-state index is 10.8. The highest BCUT2D eigenvalue weighted by atomic mass is 79.9. The van der Waals surface area contributed by atoms with Crippen molar-refractivity contribution in [3.8, 4) is 0 Å². The van der Waals surface area contributed by atoms with Crippen molar-refractivity contribution in [2.75, 3.05) is 0 Å². The average molecular weight is 241 g/mol. The number of aryl methyl sites for hydroxylation is 1. The van der Waals surface area contributed by atoms with Crippen molar-refractivity contribution in [1.29, 1.82) is 0 Å². The first-order valence-electron chi connectivity index (χ1n) is 4.40. The van der Waals surface area contributed by atoms with E-state index in [0.717, 1.165) is 22.7 Å². The quantitative estimate of drug-likeness (QED) is 0.740. The van der Waals surface area contributed by atoms with Gasteiger partial charge in [-0.1, -0.05) is 35.0 Å². The smallest absolute Gasteiger partial charge is 0.127 e. The summed E-state index contributed by atoms with van der Waals surface area (Å²) in [7, 11) is 0. The normalized spacial score (nSPS) is 12.5. The summed E-state index contributed by atoms with van der Waals surface area (Å²) < 4.78 is 1.03. The minimum Gasteiger partial charge on any atom is -0.303 e. The largest absolute Gasteiger partial charge is 0.303 e. The van der Waals surface area contributed by atoms with Crippen LogP contribution in [0, 0.1) is 6.92 Å². The van der Waals surface area contributed by atoms with Crippen LogP contribution in [0.15, 0.2) is 22.7 Å². The highest BCUT2D eigenvalue weighted by Crippen LogP contribution is 2.26. The van der Waals surface area contributed by atoms with Crippen LogP contribution in [0.1, 0.15) is 30.4 Å². The van der Waals surface area contributed by atoms with Gasteiger partial charge in [0.25, 0.3) is 0 Å². The summed E-state index contributed by atoms with van der Waals surface area (Å²) >= 11 is 3.47. The van der Waals surface area contributed by atoms with Crippen molar-refractivity contribution < 1.29 is 4.79 Å². The Kier molecular flexibility index (Phi) is 3.67. The summed E-state index contributed by atoms with van der Waals surface area (Å²) in [6.45, 7) is 4.06. The predicted molar refractivity (Wildman–Crippen MR) is 58.0 cm³/mol. The van der Waals surface area contributed by atoms with Crippen LogP contribution in [-0.2, 0) is 4.79 Å². The molecule has 0 heterocycles. The van der Waals surface area contributed by atoms with Gasteiger partial charge in [-0.3, -0.25) is 0 Å². The summed E-state index contributed by atoms with van der Waals surface area (Å²) in [5.74, 6) is 0.0231. The Bertz CT molecular complexity index is 307. The minimum atomic E-state index is 0.0231. The van der Waals surface area contributed by atoms with Crippen molar-refractivity contribution in [2.45, 2.75) is 26.2 Å². The molecule has 1 aromatic rings. The van der Waals surface area contributed by atoms with Gasteiger partial charge in [0.15, 0.2) is 0 Å². The lowest BCUT2D eigenvalue weighted by molar-refractivity contribution is -0.109. The summed E-state index contributed by atoms with van der Waals surface area (Å²) in [4.78, 5) is 10.8. The Labute approximate surface area is 87.3 Å². The fourth-order valence-electron chi connectivity index (χ4n) is 1.32. The molecule has 1 aromatic carbocycles. The fourth-order valence-corrected chi connectivity index (χ4v) is 2.11. The molecule has 0 aromatic heterocycles. The van der Waals surface area contributed by atoms with Gasteiger partial charge in [0, 0.05) is 10.4 Å². The molecule has 1 unspecified atom stereocenters. The lowest BCUT2D eigenvalue weighted by atomic mass is 9.97. The molecule has 0 spiro atoms. The van der Waals surface area contributed by atoms with Gasteiger partial charge in [-0.2, -0.15) is 0 Å². The molecular weight excluding hydrogens is 228 g/mol. The van der Waals surface area contributed by atoms with Gasteiger partial charge in [-0.05, 0) is 30.5 Å². The number of carbonyl (C=O) groups excluding carboxylic acids is 1. The van der Waals surface area contributed by atoms with Crippen LogP contribution in [0.2, 0.25) is 0 Å². The molecular formula is C11H13BrO. The average Bonchev–Trinajstić information content (AvgIpc) is 2.10. The van der Waals surface area contributed by atoms with Crippen molar-refractivity contribution >= 4 is 22.2 Å². The maximum absolute atomic E-state index is 10.8. The van der Waals surface area contributed by atoms with E-state index in [4.69, 9.17) is 0 Å². The number of benzene rings is 1. The van der Waals surface area contributed by atoms with Gasteiger partial charge >= 0.3 is 0 Å². The first-order valence-corrected chi connectivity index (χ1v) is 5.19. The lowest BCUT2D eigenvalue weighted by Crippen LogP contribution is -1.99. The van der Waals surface area contributed by atoms with E-state index in [9.17, 15) is 4.79 Å². The third-order valence-corrected chi connectivity index (χ3v) is 2.85. The van der Waals surface area contributed by atoms with Crippen LogP contribution in [0.4, 0.5) is 0 Å². The maximum Gasteiger partial charge on any atom is 0.127 e. The Morgan fingerprint density at radius 1 is 1.54 bits per heavy atom. The second-order valence-corrected chi connectivity index (χ2v) is 4.03. The van der Waals surface area contributed by atoms with Crippen molar-refractivity contribution in [3.05, 3.63) is 33.8 Å². The van der Waals surface area contributed by atoms with Gasteiger partial charge < -0.3 is 4.79 Å². The first-order chi connectivity index (χ1) is 6.19. The fraction of sp³-hybridized carbons (Fsp3) is 0.364. The molecule has 0 aliphatic rings. The van der Waals surface area contributed by atoms with Crippen LogP contribution in [-0.4, -0.2) is 6.29 Å². The van der Waals surface area contributed by atoms with E-state index in [1.807, 2.05) is 32.0 Å². The molecule has 0 fully saturated rings. The molecule has 0 N–H and O–H groups in total. The van der Waals surface area contributed by atoms with Gasteiger partial charge in [0.1, 0.15) is 6.29 Å². The SMILES string of the molecule is CCC(C=O)c1ccc(C)cc1Br. The number of carbonyl (C=O) groups is 1. The number of hydrogen-bond donors (Lipinski definition) is 0. The molecule has 70 valence electrons. The van der Waals surface area contributed by atoms with E-state index >= 15 is 0 Å². The molecule has 0 saturated carbocycles. The first kappa shape index (κ1) is 10.5. The third kappa shape index (κ3) is 2.41.